The van der Waals surface area contributed by atoms with E-state index in [-0.39, 0.29) is 6.04 Å². The van der Waals surface area contributed by atoms with Crippen LogP contribution < -0.4 is 5.73 Å². The molecule has 3 rings (SSSR count). The second-order valence-electron chi connectivity index (χ2n) is 5.16. The Morgan fingerprint density at radius 2 is 2.17 bits per heavy atom. The number of aromatic nitrogens is 4. The highest BCUT2D eigenvalue weighted by Crippen LogP contribution is 2.27. The molecule has 1 atom stereocenters. The third kappa shape index (κ3) is 1.58. The lowest BCUT2D eigenvalue weighted by Gasteiger charge is -2.17. The Bertz CT molecular complexity index is 593. The van der Waals surface area contributed by atoms with Gasteiger partial charge >= 0.3 is 0 Å². The van der Waals surface area contributed by atoms with Crippen molar-refractivity contribution in [3.8, 4) is 11.4 Å². The maximum atomic E-state index is 6.02. The minimum Gasteiger partial charge on any atom is -0.331 e. The first-order valence-corrected chi connectivity index (χ1v) is 6.37. The van der Waals surface area contributed by atoms with E-state index in [9.17, 15) is 0 Å². The molecular formula is C13H19N5. The fraction of sp³-hybridized carbons (Fsp3) is 0.538. The maximum Gasteiger partial charge on any atom is 0.143 e. The van der Waals surface area contributed by atoms with Gasteiger partial charge in [-0.25, -0.2) is 4.98 Å². The van der Waals surface area contributed by atoms with Gasteiger partial charge in [-0.3, -0.25) is 4.68 Å². The van der Waals surface area contributed by atoms with E-state index in [1.165, 1.54) is 5.69 Å². The van der Waals surface area contributed by atoms with E-state index < -0.39 is 0 Å². The summed E-state index contributed by atoms with van der Waals surface area (Å²) in [5, 5.41) is 4.29. The molecule has 1 unspecified atom stereocenters. The lowest BCUT2D eigenvalue weighted by Crippen LogP contribution is -2.28. The minimum atomic E-state index is 0.259. The Balaban J connectivity index is 2.12. The molecule has 2 aromatic heterocycles. The van der Waals surface area contributed by atoms with Crippen LogP contribution in [-0.2, 0) is 26.9 Å². The Labute approximate surface area is 107 Å². The summed E-state index contributed by atoms with van der Waals surface area (Å²) in [5.41, 5.74) is 10.8. The zero-order valence-corrected chi connectivity index (χ0v) is 11.1. The predicted molar refractivity (Wildman–Crippen MR) is 70.1 cm³/mol. The van der Waals surface area contributed by atoms with Crippen molar-refractivity contribution >= 4 is 0 Å². The number of hydrogen-bond acceptors (Lipinski definition) is 3. The zero-order chi connectivity index (χ0) is 12.9. The smallest absolute Gasteiger partial charge is 0.143 e. The van der Waals surface area contributed by atoms with Gasteiger partial charge in [0.15, 0.2) is 0 Å². The van der Waals surface area contributed by atoms with Crippen molar-refractivity contribution in [3.63, 3.8) is 0 Å². The average Bonchev–Trinajstić information content (AvgIpc) is 2.82. The lowest BCUT2D eigenvalue weighted by atomic mass is 9.97. The van der Waals surface area contributed by atoms with Gasteiger partial charge in [0.05, 0.1) is 17.5 Å². The Morgan fingerprint density at radius 3 is 2.83 bits per heavy atom. The largest absolute Gasteiger partial charge is 0.331 e. The van der Waals surface area contributed by atoms with Crippen molar-refractivity contribution in [1.29, 1.82) is 0 Å². The standard InChI is InChI=1S/C13H19N5/c1-8-10(7-15-18(8)3)13-16-11-6-9(14)4-5-12(11)17(13)2/h7,9H,4-6,14H2,1-3H3. The SMILES string of the molecule is Cc1c(-c2nc3c(n2C)CCC(N)C3)cnn1C. The highest BCUT2D eigenvalue weighted by Gasteiger charge is 2.23. The van der Waals surface area contributed by atoms with Gasteiger partial charge in [-0.05, 0) is 19.8 Å². The van der Waals surface area contributed by atoms with Gasteiger partial charge in [-0.2, -0.15) is 5.10 Å². The Hall–Kier alpha value is -1.62. The summed E-state index contributed by atoms with van der Waals surface area (Å²) in [6.07, 6.45) is 4.86. The first-order valence-electron chi connectivity index (χ1n) is 6.37. The Morgan fingerprint density at radius 1 is 1.39 bits per heavy atom. The number of nitrogens with zero attached hydrogens (tertiary/aromatic N) is 4. The van der Waals surface area contributed by atoms with Gasteiger partial charge in [0.25, 0.3) is 0 Å². The van der Waals surface area contributed by atoms with Crippen molar-refractivity contribution < 1.29 is 0 Å². The molecule has 0 spiro atoms. The van der Waals surface area contributed by atoms with Crippen LogP contribution in [0.4, 0.5) is 0 Å². The number of rotatable bonds is 1. The normalized spacial score (nSPS) is 19.0. The van der Waals surface area contributed by atoms with E-state index in [4.69, 9.17) is 10.7 Å². The third-order valence-corrected chi connectivity index (χ3v) is 3.98. The van der Waals surface area contributed by atoms with Gasteiger partial charge in [0.2, 0.25) is 0 Å². The van der Waals surface area contributed by atoms with E-state index in [0.717, 1.165) is 42.0 Å². The molecule has 18 heavy (non-hydrogen) atoms. The molecule has 0 radical (unpaired) electrons. The molecule has 96 valence electrons. The molecular weight excluding hydrogens is 226 g/mol. The molecule has 2 N–H and O–H groups in total. The highest BCUT2D eigenvalue weighted by atomic mass is 15.3. The van der Waals surface area contributed by atoms with Crippen LogP contribution in [-0.4, -0.2) is 25.4 Å². The average molecular weight is 245 g/mol. The van der Waals surface area contributed by atoms with Crippen LogP contribution in [0.1, 0.15) is 23.5 Å². The number of nitrogens with two attached hydrogens (primary N) is 1. The van der Waals surface area contributed by atoms with Gasteiger partial charge < -0.3 is 10.3 Å². The quantitative estimate of drug-likeness (QED) is 0.813. The monoisotopic (exact) mass is 245 g/mol. The molecule has 0 saturated carbocycles. The summed E-state index contributed by atoms with van der Waals surface area (Å²) < 4.78 is 4.08. The molecule has 0 fully saturated rings. The molecule has 0 amide bonds. The first-order chi connectivity index (χ1) is 8.58. The summed E-state index contributed by atoms with van der Waals surface area (Å²) in [7, 11) is 4.04. The fourth-order valence-corrected chi connectivity index (χ4v) is 2.70. The van der Waals surface area contributed by atoms with Crippen LogP contribution in [0.3, 0.4) is 0 Å². The summed E-state index contributed by atoms with van der Waals surface area (Å²) in [6, 6.07) is 0.259. The fourth-order valence-electron chi connectivity index (χ4n) is 2.70. The van der Waals surface area contributed by atoms with Crippen molar-refractivity contribution in [2.75, 3.05) is 0 Å². The van der Waals surface area contributed by atoms with Gasteiger partial charge in [0.1, 0.15) is 5.82 Å². The van der Waals surface area contributed by atoms with E-state index in [0.29, 0.717) is 0 Å². The summed E-state index contributed by atoms with van der Waals surface area (Å²) in [6.45, 7) is 2.07. The summed E-state index contributed by atoms with van der Waals surface area (Å²) in [4.78, 5) is 4.77. The minimum absolute atomic E-state index is 0.259. The van der Waals surface area contributed by atoms with Crippen molar-refractivity contribution in [1.82, 2.24) is 19.3 Å². The molecule has 1 aliphatic carbocycles. The number of aryl methyl sites for hydroxylation is 1. The second-order valence-corrected chi connectivity index (χ2v) is 5.16. The predicted octanol–water partition coefficient (Wildman–Crippen LogP) is 0.945. The van der Waals surface area contributed by atoms with Crippen LogP contribution >= 0.6 is 0 Å². The van der Waals surface area contributed by atoms with Crippen LogP contribution in [0.15, 0.2) is 6.20 Å². The van der Waals surface area contributed by atoms with Gasteiger partial charge in [0, 0.05) is 37.9 Å². The summed E-state index contributed by atoms with van der Waals surface area (Å²) >= 11 is 0. The Kier molecular flexibility index (Phi) is 2.52. The van der Waals surface area contributed by atoms with Crippen molar-refractivity contribution in [2.24, 2.45) is 19.8 Å². The molecule has 5 nitrogen and oxygen atoms in total. The molecule has 2 aromatic rings. The van der Waals surface area contributed by atoms with Crippen LogP contribution in [0.2, 0.25) is 0 Å². The van der Waals surface area contributed by atoms with Crippen molar-refractivity contribution in [3.05, 3.63) is 23.3 Å². The molecule has 0 saturated heterocycles. The molecule has 2 heterocycles. The molecule has 0 bridgehead atoms. The summed E-state index contributed by atoms with van der Waals surface area (Å²) in [5.74, 6) is 1.01. The zero-order valence-electron chi connectivity index (χ0n) is 11.1. The van der Waals surface area contributed by atoms with Gasteiger partial charge in [-0.15, -0.1) is 0 Å². The van der Waals surface area contributed by atoms with E-state index >= 15 is 0 Å². The molecule has 0 aromatic carbocycles. The maximum absolute atomic E-state index is 6.02. The van der Waals surface area contributed by atoms with Gasteiger partial charge in [-0.1, -0.05) is 0 Å². The van der Waals surface area contributed by atoms with Crippen LogP contribution in [0.5, 0.6) is 0 Å². The lowest BCUT2D eigenvalue weighted by molar-refractivity contribution is 0.554. The van der Waals surface area contributed by atoms with E-state index in [1.54, 1.807) is 0 Å². The third-order valence-electron chi connectivity index (χ3n) is 3.98. The number of hydrogen-bond donors (Lipinski definition) is 1. The van der Waals surface area contributed by atoms with Crippen molar-refractivity contribution in [2.45, 2.75) is 32.2 Å². The molecule has 1 aliphatic rings. The highest BCUT2D eigenvalue weighted by molar-refractivity contribution is 5.59. The van der Waals surface area contributed by atoms with Crippen LogP contribution in [0, 0.1) is 6.92 Å². The number of imidazole rings is 1. The second kappa shape index (κ2) is 3.95. The number of fused-ring (bicyclic) bond motifs is 1. The molecule has 0 aliphatic heterocycles. The first kappa shape index (κ1) is 11.5. The topological polar surface area (TPSA) is 61.7 Å². The van der Waals surface area contributed by atoms with E-state index in [1.807, 2.05) is 17.9 Å². The molecule has 5 heteroatoms. The van der Waals surface area contributed by atoms with E-state index in [2.05, 4.69) is 23.6 Å². The van der Waals surface area contributed by atoms with Crippen LogP contribution in [0.25, 0.3) is 11.4 Å².